The van der Waals surface area contributed by atoms with Crippen LogP contribution < -0.4 is 10.6 Å². The second-order valence-corrected chi connectivity index (χ2v) is 8.91. The Hall–Kier alpha value is -3.61. The third kappa shape index (κ3) is 4.77. The van der Waals surface area contributed by atoms with Gasteiger partial charge in [0, 0.05) is 5.92 Å². The number of benzene rings is 2. The maximum absolute atomic E-state index is 12.7. The zero-order valence-electron chi connectivity index (χ0n) is 18.8. The van der Waals surface area contributed by atoms with E-state index < -0.39 is 29.6 Å². The smallest absolute Gasteiger partial charge is 0.408 e. The fourth-order valence-electron chi connectivity index (χ4n) is 4.24. The molecule has 3 N–H and O–H groups in total. The van der Waals surface area contributed by atoms with Gasteiger partial charge in [0.2, 0.25) is 5.91 Å². The number of carbonyl (C=O) groups is 3. The molecular weight excluding hydrogens is 420 g/mol. The second kappa shape index (κ2) is 9.10. The van der Waals surface area contributed by atoms with Crippen molar-refractivity contribution < 1.29 is 24.2 Å². The van der Waals surface area contributed by atoms with Crippen molar-refractivity contribution in [1.82, 2.24) is 10.6 Å². The number of hydrogen-bond acceptors (Lipinski definition) is 4. The van der Waals surface area contributed by atoms with E-state index >= 15 is 0 Å². The molecule has 4 rings (SSSR count). The van der Waals surface area contributed by atoms with Crippen LogP contribution in [-0.4, -0.2) is 41.3 Å². The normalized spacial score (nSPS) is 16.1. The fraction of sp³-hybridized carbons (Fsp3) is 0.346. The first-order valence-electron chi connectivity index (χ1n) is 11.1. The summed E-state index contributed by atoms with van der Waals surface area (Å²) >= 11 is 0. The van der Waals surface area contributed by atoms with Crippen molar-refractivity contribution >= 4 is 18.0 Å². The van der Waals surface area contributed by atoms with Crippen LogP contribution in [-0.2, 0) is 14.3 Å². The molecule has 0 radical (unpaired) electrons. The third-order valence-electron chi connectivity index (χ3n) is 6.23. The first-order chi connectivity index (χ1) is 15.8. The molecule has 7 nitrogen and oxygen atoms in total. The van der Waals surface area contributed by atoms with Crippen molar-refractivity contribution in [3.8, 4) is 11.1 Å². The number of hydrogen-bond donors (Lipinski definition) is 3. The van der Waals surface area contributed by atoms with Crippen LogP contribution in [0.2, 0.25) is 0 Å². The van der Waals surface area contributed by atoms with Gasteiger partial charge in [-0.2, -0.15) is 0 Å². The predicted octanol–water partition coefficient (Wildman–Crippen LogP) is 3.98. The number of carbonyl (C=O) groups excluding carboxylic acids is 2. The van der Waals surface area contributed by atoms with Crippen LogP contribution in [0, 0.1) is 0 Å². The zero-order chi connectivity index (χ0) is 23.6. The molecule has 172 valence electrons. The molecule has 1 unspecified atom stereocenters. The summed E-state index contributed by atoms with van der Waals surface area (Å²) in [5.41, 5.74) is 4.34. The molecule has 2 amide bonds. The zero-order valence-corrected chi connectivity index (χ0v) is 18.8. The molecule has 2 aliphatic carbocycles. The molecule has 0 heterocycles. The first kappa shape index (κ1) is 22.6. The minimum Gasteiger partial charge on any atom is -0.480 e. The van der Waals surface area contributed by atoms with Gasteiger partial charge in [-0.05, 0) is 55.4 Å². The van der Waals surface area contributed by atoms with E-state index in [2.05, 4.69) is 22.8 Å². The highest BCUT2D eigenvalue weighted by Crippen LogP contribution is 2.44. The number of nitrogens with one attached hydrogen (secondary N) is 2. The number of ether oxygens (including phenoxy) is 1. The number of rotatable bonds is 8. The fourth-order valence-corrected chi connectivity index (χ4v) is 4.24. The molecule has 2 aromatic carbocycles. The Morgan fingerprint density at radius 2 is 1.64 bits per heavy atom. The molecular formula is C26H28N2O5. The number of carboxylic acid groups (broad SMARTS) is 1. The minimum absolute atomic E-state index is 0.0763. The molecule has 0 aromatic heterocycles. The molecule has 1 saturated carbocycles. The van der Waals surface area contributed by atoms with Crippen molar-refractivity contribution in [1.29, 1.82) is 0 Å². The Balaban J connectivity index is 1.38. The van der Waals surface area contributed by atoms with Gasteiger partial charge in [0.05, 0.1) is 0 Å². The lowest BCUT2D eigenvalue weighted by Gasteiger charge is -2.21. The van der Waals surface area contributed by atoms with Crippen LogP contribution in [0.15, 0.2) is 60.2 Å². The molecule has 0 aliphatic heterocycles. The Kier molecular flexibility index (Phi) is 6.22. The molecule has 0 saturated heterocycles. The molecule has 2 aromatic rings. The van der Waals surface area contributed by atoms with Gasteiger partial charge in [-0.3, -0.25) is 4.79 Å². The molecule has 1 fully saturated rings. The van der Waals surface area contributed by atoms with Crippen molar-refractivity contribution in [2.24, 2.45) is 0 Å². The third-order valence-corrected chi connectivity index (χ3v) is 6.23. The Bertz CT molecular complexity index is 1070. The molecule has 0 bridgehead atoms. The van der Waals surface area contributed by atoms with Gasteiger partial charge in [0.1, 0.15) is 18.2 Å². The Labute approximate surface area is 192 Å². The highest BCUT2D eigenvalue weighted by molar-refractivity contribution is 5.95. The number of fused-ring (bicyclic) bond motifs is 3. The summed E-state index contributed by atoms with van der Waals surface area (Å²) in [5, 5.41) is 14.6. The lowest BCUT2D eigenvalue weighted by molar-refractivity contribution is -0.142. The Morgan fingerprint density at radius 3 is 2.15 bits per heavy atom. The van der Waals surface area contributed by atoms with Gasteiger partial charge in [0.25, 0.3) is 0 Å². The highest BCUT2D eigenvalue weighted by Gasteiger charge is 2.52. The highest BCUT2D eigenvalue weighted by atomic mass is 16.5. The van der Waals surface area contributed by atoms with Crippen LogP contribution in [0.4, 0.5) is 4.79 Å². The van der Waals surface area contributed by atoms with E-state index in [1.54, 1.807) is 6.08 Å². The molecule has 33 heavy (non-hydrogen) atoms. The van der Waals surface area contributed by atoms with Crippen LogP contribution in [0.1, 0.15) is 50.2 Å². The van der Waals surface area contributed by atoms with E-state index in [1.165, 1.54) is 0 Å². The summed E-state index contributed by atoms with van der Waals surface area (Å²) in [6, 6.07) is 15.1. The lowest BCUT2D eigenvalue weighted by Crippen LogP contribution is -2.53. The van der Waals surface area contributed by atoms with E-state index in [0.717, 1.165) is 27.8 Å². The van der Waals surface area contributed by atoms with E-state index in [-0.39, 0.29) is 18.9 Å². The summed E-state index contributed by atoms with van der Waals surface area (Å²) in [6.07, 6.45) is 2.15. The van der Waals surface area contributed by atoms with Crippen molar-refractivity contribution in [2.75, 3.05) is 6.61 Å². The van der Waals surface area contributed by atoms with Crippen molar-refractivity contribution in [3.63, 3.8) is 0 Å². The monoisotopic (exact) mass is 448 g/mol. The lowest BCUT2D eigenvalue weighted by atomic mass is 9.98. The van der Waals surface area contributed by atoms with Gasteiger partial charge in [-0.1, -0.05) is 60.2 Å². The van der Waals surface area contributed by atoms with E-state index in [0.29, 0.717) is 12.8 Å². The first-order valence-corrected chi connectivity index (χ1v) is 11.1. The average molecular weight is 449 g/mol. The van der Waals surface area contributed by atoms with Crippen molar-refractivity contribution in [2.45, 2.75) is 50.6 Å². The van der Waals surface area contributed by atoms with Crippen LogP contribution in [0.5, 0.6) is 0 Å². The van der Waals surface area contributed by atoms with Gasteiger partial charge < -0.3 is 20.5 Å². The summed E-state index contributed by atoms with van der Waals surface area (Å²) in [5.74, 6) is -1.68. The van der Waals surface area contributed by atoms with Gasteiger partial charge in [0.15, 0.2) is 0 Å². The SMILES string of the molecule is CC(C)=CCC(NC(=O)C1(NC(=O)OCC2c3ccccc3-c3ccccc32)CC1)C(=O)O. The standard InChI is InChI=1S/C26H28N2O5/c1-16(2)11-12-22(23(29)30)27-24(31)26(13-14-26)28-25(32)33-15-21-19-9-5-3-7-17(19)18-8-4-6-10-20(18)21/h3-11,21-22H,12-15H2,1-2H3,(H,27,31)(H,28,32)(H,29,30). The summed E-state index contributed by atoms with van der Waals surface area (Å²) in [4.78, 5) is 36.8. The van der Waals surface area contributed by atoms with Crippen LogP contribution >= 0.6 is 0 Å². The maximum atomic E-state index is 12.7. The Morgan fingerprint density at radius 1 is 1.06 bits per heavy atom. The topological polar surface area (TPSA) is 105 Å². The van der Waals surface area contributed by atoms with Gasteiger partial charge in [-0.15, -0.1) is 0 Å². The summed E-state index contributed by atoms with van der Waals surface area (Å²) in [7, 11) is 0. The maximum Gasteiger partial charge on any atom is 0.408 e. The molecule has 1 atom stereocenters. The number of alkyl carbamates (subject to hydrolysis) is 1. The van der Waals surface area contributed by atoms with Crippen LogP contribution in [0.3, 0.4) is 0 Å². The van der Waals surface area contributed by atoms with Crippen molar-refractivity contribution in [3.05, 3.63) is 71.3 Å². The molecule has 0 spiro atoms. The number of aliphatic carboxylic acids is 1. The number of carboxylic acids is 1. The summed E-state index contributed by atoms with van der Waals surface area (Å²) in [6.45, 7) is 3.87. The molecule has 2 aliphatic rings. The van der Waals surface area contributed by atoms with Gasteiger partial charge in [-0.25, -0.2) is 9.59 Å². The van der Waals surface area contributed by atoms with E-state index in [1.807, 2.05) is 50.2 Å². The largest absolute Gasteiger partial charge is 0.480 e. The number of amides is 2. The molecule has 7 heteroatoms. The second-order valence-electron chi connectivity index (χ2n) is 8.91. The van der Waals surface area contributed by atoms with E-state index in [9.17, 15) is 19.5 Å². The minimum atomic E-state index is -1.11. The quantitative estimate of drug-likeness (QED) is 0.530. The predicted molar refractivity (Wildman–Crippen MR) is 124 cm³/mol. The van der Waals surface area contributed by atoms with Gasteiger partial charge >= 0.3 is 12.1 Å². The van der Waals surface area contributed by atoms with Crippen LogP contribution in [0.25, 0.3) is 11.1 Å². The number of allylic oxidation sites excluding steroid dienone is 1. The summed E-state index contributed by atoms with van der Waals surface area (Å²) < 4.78 is 5.54. The van der Waals surface area contributed by atoms with E-state index in [4.69, 9.17) is 4.74 Å². The average Bonchev–Trinajstić information content (AvgIpc) is 3.50.